The smallest absolute Gasteiger partial charge is 0.256 e. The summed E-state index contributed by atoms with van der Waals surface area (Å²) >= 11 is 3.55. The number of halogens is 1. The van der Waals surface area contributed by atoms with Gasteiger partial charge in [-0.15, -0.1) is 0 Å². The molecule has 1 N–H and O–H groups in total. The zero-order chi connectivity index (χ0) is 17.3. The van der Waals surface area contributed by atoms with Gasteiger partial charge in [-0.3, -0.25) is 4.79 Å². The third-order valence-corrected chi connectivity index (χ3v) is 5.77. The predicted molar refractivity (Wildman–Crippen MR) is 101 cm³/mol. The number of carbonyl (C=O) groups is 1. The lowest BCUT2D eigenvalue weighted by Crippen LogP contribution is -2.41. The maximum absolute atomic E-state index is 13.0. The van der Waals surface area contributed by atoms with Crippen molar-refractivity contribution in [3.63, 3.8) is 0 Å². The van der Waals surface area contributed by atoms with Gasteiger partial charge in [0, 0.05) is 27.5 Å². The van der Waals surface area contributed by atoms with Gasteiger partial charge in [0.15, 0.2) is 6.23 Å². The largest absolute Gasteiger partial charge is 0.369 e. The van der Waals surface area contributed by atoms with E-state index in [1.807, 2.05) is 30.3 Å². The SMILES string of the molecule is CCCCC(CC)CN1C(=O)c2ccc(Br)c3cccc(c23)C1O. The molecule has 128 valence electrons. The second-order valence-electron chi connectivity index (χ2n) is 6.61. The molecule has 3 rings (SSSR count). The molecule has 0 aromatic heterocycles. The predicted octanol–water partition coefficient (Wildman–Crippen LogP) is 5.27. The first-order valence-electron chi connectivity index (χ1n) is 8.78. The van der Waals surface area contributed by atoms with Crippen LogP contribution in [0.4, 0.5) is 0 Å². The Hall–Kier alpha value is -1.39. The lowest BCUT2D eigenvalue weighted by molar-refractivity contribution is -0.00283. The van der Waals surface area contributed by atoms with Crippen LogP contribution in [0.25, 0.3) is 10.8 Å². The van der Waals surface area contributed by atoms with Gasteiger partial charge >= 0.3 is 0 Å². The Morgan fingerprint density at radius 3 is 2.75 bits per heavy atom. The Bertz CT molecular complexity index is 759. The molecule has 2 aromatic carbocycles. The highest BCUT2D eigenvalue weighted by Crippen LogP contribution is 2.39. The minimum atomic E-state index is -0.862. The van der Waals surface area contributed by atoms with Gasteiger partial charge in [-0.25, -0.2) is 0 Å². The third kappa shape index (κ3) is 2.98. The first kappa shape index (κ1) is 17.4. The van der Waals surface area contributed by atoms with Crippen LogP contribution in [0.1, 0.15) is 61.7 Å². The molecular formula is C20H24BrNO2. The quantitative estimate of drug-likeness (QED) is 0.731. The van der Waals surface area contributed by atoms with Crippen molar-refractivity contribution in [1.82, 2.24) is 4.90 Å². The summed E-state index contributed by atoms with van der Waals surface area (Å²) in [5.41, 5.74) is 1.52. The maximum Gasteiger partial charge on any atom is 0.256 e. The second-order valence-corrected chi connectivity index (χ2v) is 7.47. The number of rotatable bonds is 6. The number of carbonyl (C=O) groups excluding carboxylic acids is 1. The molecule has 3 nitrogen and oxygen atoms in total. The van der Waals surface area contributed by atoms with Crippen molar-refractivity contribution < 1.29 is 9.90 Å². The Morgan fingerprint density at radius 1 is 1.25 bits per heavy atom. The van der Waals surface area contributed by atoms with Crippen molar-refractivity contribution in [2.45, 2.75) is 45.8 Å². The van der Waals surface area contributed by atoms with Crippen molar-refractivity contribution in [1.29, 1.82) is 0 Å². The number of unbranched alkanes of at least 4 members (excludes halogenated alkanes) is 1. The van der Waals surface area contributed by atoms with Crippen molar-refractivity contribution in [2.75, 3.05) is 6.54 Å². The van der Waals surface area contributed by atoms with Crippen molar-refractivity contribution >= 4 is 32.6 Å². The summed E-state index contributed by atoms with van der Waals surface area (Å²) in [6.07, 6.45) is 3.58. The number of hydrogen-bond donors (Lipinski definition) is 1. The van der Waals surface area contributed by atoms with Crippen LogP contribution in [0.15, 0.2) is 34.8 Å². The third-order valence-electron chi connectivity index (χ3n) is 5.08. The van der Waals surface area contributed by atoms with E-state index in [0.717, 1.165) is 46.5 Å². The van der Waals surface area contributed by atoms with Crippen LogP contribution in [0.3, 0.4) is 0 Å². The highest BCUT2D eigenvalue weighted by molar-refractivity contribution is 9.10. The number of benzene rings is 2. The normalized spacial score (nSPS) is 18.2. The van der Waals surface area contributed by atoms with Gasteiger partial charge in [-0.1, -0.05) is 67.2 Å². The number of hydrogen-bond acceptors (Lipinski definition) is 2. The monoisotopic (exact) mass is 389 g/mol. The molecule has 0 aliphatic carbocycles. The number of nitrogens with zero attached hydrogens (tertiary/aromatic N) is 1. The number of amides is 1. The Morgan fingerprint density at radius 2 is 2.04 bits per heavy atom. The van der Waals surface area contributed by atoms with E-state index in [1.54, 1.807) is 4.90 Å². The van der Waals surface area contributed by atoms with Gasteiger partial charge < -0.3 is 10.0 Å². The van der Waals surface area contributed by atoms with E-state index in [0.29, 0.717) is 18.0 Å². The molecular weight excluding hydrogens is 366 g/mol. The van der Waals surface area contributed by atoms with Crippen LogP contribution >= 0.6 is 15.9 Å². The average Bonchev–Trinajstić information content (AvgIpc) is 2.60. The minimum Gasteiger partial charge on any atom is -0.369 e. The van der Waals surface area contributed by atoms with E-state index < -0.39 is 6.23 Å². The standard InChI is InChI=1S/C20H24BrNO2/c1-3-5-7-13(4-2)12-22-19(23)15-9-6-8-14-17(21)11-10-16(18(14)15)20(22)24/h6,8-11,13,19,23H,3-5,7,12H2,1-2H3. The molecule has 2 unspecified atom stereocenters. The van der Waals surface area contributed by atoms with Gasteiger partial charge in [-0.2, -0.15) is 0 Å². The summed E-state index contributed by atoms with van der Waals surface area (Å²) in [6.45, 7) is 4.96. The number of aliphatic hydroxyl groups is 1. The lowest BCUT2D eigenvalue weighted by Gasteiger charge is -2.36. The molecule has 0 bridgehead atoms. The second kappa shape index (κ2) is 7.24. The maximum atomic E-state index is 13.0. The molecule has 2 aromatic rings. The molecule has 0 fully saturated rings. The molecule has 2 atom stereocenters. The molecule has 1 aliphatic rings. The van der Waals surface area contributed by atoms with Crippen LogP contribution in [0.2, 0.25) is 0 Å². The lowest BCUT2D eigenvalue weighted by atomic mass is 9.91. The zero-order valence-corrected chi connectivity index (χ0v) is 15.8. The van der Waals surface area contributed by atoms with Crippen LogP contribution in [0.5, 0.6) is 0 Å². The molecule has 1 amide bonds. The molecule has 0 saturated heterocycles. The Balaban J connectivity index is 1.99. The van der Waals surface area contributed by atoms with Crippen molar-refractivity contribution in [3.8, 4) is 0 Å². The zero-order valence-electron chi connectivity index (χ0n) is 14.3. The van der Waals surface area contributed by atoms with E-state index in [4.69, 9.17) is 0 Å². The minimum absolute atomic E-state index is 0.0614. The van der Waals surface area contributed by atoms with E-state index >= 15 is 0 Å². The van der Waals surface area contributed by atoms with Crippen molar-refractivity contribution in [2.24, 2.45) is 5.92 Å². The fraction of sp³-hybridized carbons (Fsp3) is 0.450. The molecule has 0 spiro atoms. The highest BCUT2D eigenvalue weighted by Gasteiger charge is 2.34. The van der Waals surface area contributed by atoms with E-state index in [-0.39, 0.29) is 5.91 Å². The number of aliphatic hydroxyl groups excluding tert-OH is 1. The summed E-state index contributed by atoms with van der Waals surface area (Å²) in [7, 11) is 0. The first-order valence-corrected chi connectivity index (χ1v) is 9.57. The van der Waals surface area contributed by atoms with Crippen LogP contribution in [-0.2, 0) is 0 Å². The Labute approximate surface area is 151 Å². The van der Waals surface area contributed by atoms with Gasteiger partial charge in [0.25, 0.3) is 5.91 Å². The highest BCUT2D eigenvalue weighted by atomic mass is 79.9. The fourth-order valence-electron chi connectivity index (χ4n) is 3.60. The summed E-state index contributed by atoms with van der Waals surface area (Å²) in [6, 6.07) is 9.64. The average molecular weight is 390 g/mol. The van der Waals surface area contributed by atoms with E-state index in [2.05, 4.69) is 29.8 Å². The van der Waals surface area contributed by atoms with Gasteiger partial charge in [0.2, 0.25) is 0 Å². The van der Waals surface area contributed by atoms with Crippen molar-refractivity contribution in [3.05, 3.63) is 45.9 Å². The summed E-state index contributed by atoms with van der Waals surface area (Å²) in [4.78, 5) is 14.6. The van der Waals surface area contributed by atoms with E-state index in [9.17, 15) is 9.90 Å². The molecule has 24 heavy (non-hydrogen) atoms. The summed E-state index contributed by atoms with van der Waals surface area (Å²) in [5.74, 6) is 0.369. The van der Waals surface area contributed by atoms with Gasteiger partial charge in [-0.05, 0) is 29.9 Å². The van der Waals surface area contributed by atoms with Gasteiger partial charge in [0.1, 0.15) is 0 Å². The fourth-order valence-corrected chi connectivity index (χ4v) is 4.07. The molecule has 1 aliphatic heterocycles. The topological polar surface area (TPSA) is 40.5 Å². The van der Waals surface area contributed by atoms with E-state index in [1.165, 1.54) is 0 Å². The summed E-state index contributed by atoms with van der Waals surface area (Å²) < 4.78 is 0.950. The Kier molecular flexibility index (Phi) is 5.26. The first-order chi connectivity index (χ1) is 11.6. The van der Waals surface area contributed by atoms with Gasteiger partial charge in [0.05, 0.1) is 0 Å². The molecule has 0 saturated carbocycles. The summed E-state index contributed by atoms with van der Waals surface area (Å²) in [5, 5.41) is 12.7. The van der Waals surface area contributed by atoms with Crippen LogP contribution in [0, 0.1) is 5.92 Å². The molecule has 4 heteroatoms. The van der Waals surface area contributed by atoms with Crippen LogP contribution in [-0.4, -0.2) is 22.5 Å². The van der Waals surface area contributed by atoms with Crippen LogP contribution < -0.4 is 0 Å². The molecule has 0 radical (unpaired) electrons. The molecule has 1 heterocycles.